The molecule has 0 saturated carbocycles. The van der Waals surface area contributed by atoms with Gasteiger partial charge in [-0.25, -0.2) is 0 Å². The van der Waals surface area contributed by atoms with Crippen LogP contribution in [0.5, 0.6) is 0 Å². The summed E-state index contributed by atoms with van der Waals surface area (Å²) in [6.45, 7) is 6.05. The monoisotopic (exact) mass is 311 g/mol. The van der Waals surface area contributed by atoms with E-state index in [1.54, 1.807) is 4.31 Å². The number of aryl methyl sites for hydroxylation is 2. The molecule has 0 aliphatic carbocycles. The smallest absolute Gasteiger partial charge is 0.301 e. The highest BCUT2D eigenvalue weighted by atomic mass is 32.2. The minimum Gasteiger partial charge on any atom is -0.319 e. The number of hydrogen-bond donors (Lipinski definition) is 2. The van der Waals surface area contributed by atoms with E-state index < -0.39 is 10.2 Å². The minimum atomic E-state index is -3.45. The van der Waals surface area contributed by atoms with Crippen LogP contribution in [0.3, 0.4) is 0 Å². The van der Waals surface area contributed by atoms with Crippen LogP contribution in [0.4, 0.5) is 5.69 Å². The van der Waals surface area contributed by atoms with E-state index in [0.717, 1.165) is 30.5 Å². The normalized spacial score (nSPS) is 17.9. The van der Waals surface area contributed by atoms with Gasteiger partial charge in [0.15, 0.2) is 0 Å². The number of rotatable bonds is 5. The molecule has 1 aliphatic heterocycles. The van der Waals surface area contributed by atoms with Gasteiger partial charge in [-0.05, 0) is 57.8 Å². The van der Waals surface area contributed by atoms with Gasteiger partial charge < -0.3 is 5.32 Å². The Kier molecular flexibility index (Phi) is 5.24. The van der Waals surface area contributed by atoms with E-state index in [0.29, 0.717) is 24.7 Å². The van der Waals surface area contributed by atoms with Crippen molar-refractivity contribution in [2.24, 2.45) is 5.92 Å². The number of hydrogen-bond acceptors (Lipinski definition) is 3. The summed E-state index contributed by atoms with van der Waals surface area (Å²) in [5.74, 6) is 0.572. The summed E-state index contributed by atoms with van der Waals surface area (Å²) >= 11 is 0. The number of anilines is 1. The number of benzene rings is 1. The van der Waals surface area contributed by atoms with E-state index in [4.69, 9.17) is 0 Å². The van der Waals surface area contributed by atoms with Crippen molar-refractivity contribution < 1.29 is 8.42 Å². The van der Waals surface area contributed by atoms with Gasteiger partial charge >= 0.3 is 10.2 Å². The largest absolute Gasteiger partial charge is 0.319 e. The summed E-state index contributed by atoms with van der Waals surface area (Å²) in [5.41, 5.74) is 2.74. The summed E-state index contributed by atoms with van der Waals surface area (Å²) in [5, 5.41) is 3.16. The maximum atomic E-state index is 12.5. The first-order valence-corrected chi connectivity index (χ1v) is 8.86. The van der Waals surface area contributed by atoms with Crippen molar-refractivity contribution in [3.05, 3.63) is 29.3 Å². The highest BCUT2D eigenvalue weighted by Gasteiger charge is 2.27. The average molecular weight is 311 g/mol. The van der Waals surface area contributed by atoms with Crippen molar-refractivity contribution >= 4 is 15.9 Å². The Morgan fingerprint density at radius 2 is 1.90 bits per heavy atom. The molecule has 1 aliphatic rings. The molecule has 0 bridgehead atoms. The Morgan fingerprint density at radius 1 is 1.24 bits per heavy atom. The van der Waals surface area contributed by atoms with E-state index in [2.05, 4.69) is 10.0 Å². The molecule has 1 fully saturated rings. The Labute approximate surface area is 127 Å². The topological polar surface area (TPSA) is 61.4 Å². The summed E-state index contributed by atoms with van der Waals surface area (Å²) in [6.07, 6.45) is 1.82. The molecule has 0 unspecified atom stereocenters. The number of piperidine rings is 1. The molecule has 6 heteroatoms. The second-order valence-electron chi connectivity index (χ2n) is 5.83. The van der Waals surface area contributed by atoms with Crippen molar-refractivity contribution in [2.75, 3.05) is 31.4 Å². The van der Waals surface area contributed by atoms with E-state index in [1.807, 2.05) is 39.1 Å². The first kappa shape index (κ1) is 16.3. The van der Waals surface area contributed by atoms with Gasteiger partial charge in [0.05, 0.1) is 5.69 Å². The third-order valence-corrected chi connectivity index (χ3v) is 5.55. The number of nitrogens with one attached hydrogen (secondary N) is 2. The fraction of sp³-hybridized carbons (Fsp3) is 0.600. The molecule has 118 valence electrons. The van der Waals surface area contributed by atoms with Crippen LogP contribution in [-0.2, 0) is 10.2 Å². The lowest BCUT2D eigenvalue weighted by atomic mass is 9.98. The van der Waals surface area contributed by atoms with Crippen molar-refractivity contribution in [3.8, 4) is 0 Å². The molecule has 1 saturated heterocycles. The Morgan fingerprint density at radius 3 is 2.48 bits per heavy atom. The maximum absolute atomic E-state index is 12.5. The van der Waals surface area contributed by atoms with Crippen LogP contribution in [0.2, 0.25) is 0 Å². The fourth-order valence-corrected chi connectivity index (χ4v) is 4.10. The highest BCUT2D eigenvalue weighted by Crippen LogP contribution is 2.22. The van der Waals surface area contributed by atoms with Crippen LogP contribution in [-0.4, -0.2) is 39.4 Å². The van der Waals surface area contributed by atoms with Crippen molar-refractivity contribution in [2.45, 2.75) is 26.7 Å². The second-order valence-corrected chi connectivity index (χ2v) is 7.50. The quantitative estimate of drug-likeness (QED) is 0.873. The summed E-state index contributed by atoms with van der Waals surface area (Å²) in [4.78, 5) is 0. The van der Waals surface area contributed by atoms with Gasteiger partial charge in [-0.1, -0.05) is 17.7 Å². The van der Waals surface area contributed by atoms with Crippen LogP contribution in [0, 0.1) is 19.8 Å². The summed E-state index contributed by atoms with van der Waals surface area (Å²) in [6, 6.07) is 5.73. The molecule has 2 rings (SSSR count). The predicted molar refractivity (Wildman–Crippen MR) is 86.7 cm³/mol. The lowest BCUT2D eigenvalue weighted by Gasteiger charge is -2.31. The SMILES string of the molecule is CNCC1CCN(S(=O)(=O)Nc2ccc(C)cc2C)CC1. The molecule has 0 radical (unpaired) electrons. The third kappa shape index (κ3) is 4.18. The van der Waals surface area contributed by atoms with Gasteiger partial charge in [0.1, 0.15) is 0 Å². The van der Waals surface area contributed by atoms with Crippen molar-refractivity contribution in [1.29, 1.82) is 0 Å². The van der Waals surface area contributed by atoms with Crippen LogP contribution in [0.15, 0.2) is 18.2 Å². The molecule has 0 amide bonds. The molecule has 21 heavy (non-hydrogen) atoms. The van der Waals surface area contributed by atoms with E-state index in [-0.39, 0.29) is 0 Å². The summed E-state index contributed by atoms with van der Waals surface area (Å²) < 4.78 is 29.2. The minimum absolute atomic E-state index is 0.572. The molecule has 5 nitrogen and oxygen atoms in total. The first-order valence-electron chi connectivity index (χ1n) is 7.42. The molecule has 0 aromatic heterocycles. The van der Waals surface area contributed by atoms with Gasteiger partial charge in [0.2, 0.25) is 0 Å². The van der Waals surface area contributed by atoms with Crippen molar-refractivity contribution in [1.82, 2.24) is 9.62 Å². The highest BCUT2D eigenvalue weighted by molar-refractivity contribution is 7.90. The van der Waals surface area contributed by atoms with Crippen LogP contribution >= 0.6 is 0 Å². The zero-order valence-electron chi connectivity index (χ0n) is 13.0. The zero-order valence-corrected chi connectivity index (χ0v) is 13.8. The average Bonchev–Trinajstić information content (AvgIpc) is 2.43. The molecular weight excluding hydrogens is 286 g/mol. The van der Waals surface area contributed by atoms with Crippen LogP contribution < -0.4 is 10.0 Å². The maximum Gasteiger partial charge on any atom is 0.301 e. The molecule has 1 aromatic carbocycles. The predicted octanol–water partition coefficient (Wildman–Crippen LogP) is 1.89. The number of nitrogens with zero attached hydrogens (tertiary/aromatic N) is 1. The molecular formula is C15H25N3O2S. The third-order valence-electron chi connectivity index (χ3n) is 4.03. The van der Waals surface area contributed by atoms with Crippen LogP contribution in [0.25, 0.3) is 0 Å². The lowest BCUT2D eigenvalue weighted by molar-refractivity contribution is 0.272. The molecule has 1 heterocycles. The molecule has 2 N–H and O–H groups in total. The van der Waals surface area contributed by atoms with Gasteiger partial charge in [-0.2, -0.15) is 12.7 Å². The van der Waals surface area contributed by atoms with E-state index >= 15 is 0 Å². The Bertz CT molecular complexity index is 579. The first-order chi connectivity index (χ1) is 9.92. The van der Waals surface area contributed by atoms with Gasteiger partial charge in [-0.15, -0.1) is 0 Å². The van der Waals surface area contributed by atoms with Crippen LogP contribution in [0.1, 0.15) is 24.0 Å². The van der Waals surface area contributed by atoms with Gasteiger partial charge in [-0.3, -0.25) is 4.72 Å². The molecule has 1 aromatic rings. The molecule has 0 atom stereocenters. The van der Waals surface area contributed by atoms with Crippen molar-refractivity contribution in [3.63, 3.8) is 0 Å². The van der Waals surface area contributed by atoms with E-state index in [9.17, 15) is 8.42 Å². The second kappa shape index (κ2) is 6.77. The van der Waals surface area contributed by atoms with Gasteiger partial charge in [0.25, 0.3) is 0 Å². The standard InChI is InChI=1S/C15H25N3O2S/c1-12-4-5-15(13(2)10-12)17-21(19,20)18-8-6-14(7-9-18)11-16-3/h4-5,10,14,16-17H,6-9,11H2,1-3H3. The Balaban J connectivity index is 2.02. The lowest BCUT2D eigenvalue weighted by Crippen LogP contribution is -2.43. The summed E-state index contributed by atoms with van der Waals surface area (Å²) in [7, 11) is -1.51. The Hall–Kier alpha value is -1.11. The fourth-order valence-electron chi connectivity index (χ4n) is 2.77. The molecule has 0 spiro atoms. The van der Waals surface area contributed by atoms with Gasteiger partial charge in [0, 0.05) is 13.1 Å². The zero-order chi connectivity index (χ0) is 15.5. The van der Waals surface area contributed by atoms with E-state index in [1.165, 1.54) is 0 Å².